The Balaban J connectivity index is 1.79. The van der Waals surface area contributed by atoms with Crippen LogP contribution < -0.4 is 5.32 Å². The van der Waals surface area contributed by atoms with Crippen LogP contribution in [-0.4, -0.2) is 34.6 Å². The largest absolute Gasteiger partial charge is 0.479 e. The van der Waals surface area contributed by atoms with E-state index in [9.17, 15) is 14.7 Å². The number of urea groups is 1. The number of aliphatic carboxylic acids is 1. The summed E-state index contributed by atoms with van der Waals surface area (Å²) in [6, 6.07) is 6.56. The predicted octanol–water partition coefficient (Wildman–Crippen LogP) is 2.18. The van der Waals surface area contributed by atoms with E-state index in [4.69, 9.17) is 0 Å². The third-order valence-corrected chi connectivity index (χ3v) is 4.53. The average Bonchev–Trinajstić information content (AvgIpc) is 3.23. The lowest BCUT2D eigenvalue weighted by Gasteiger charge is -2.34. The summed E-state index contributed by atoms with van der Waals surface area (Å²) in [5.74, 6) is -0.422. The van der Waals surface area contributed by atoms with Gasteiger partial charge in [0.05, 0.1) is 0 Å². The van der Waals surface area contributed by atoms with Crippen molar-refractivity contribution in [3.05, 3.63) is 35.4 Å². The van der Waals surface area contributed by atoms with Gasteiger partial charge in [-0.3, -0.25) is 0 Å². The number of hydrogen-bond donors (Lipinski definition) is 2. The summed E-state index contributed by atoms with van der Waals surface area (Å²) in [6.07, 6.45) is 2.76. The average molecular weight is 288 g/mol. The Labute approximate surface area is 123 Å². The van der Waals surface area contributed by atoms with Crippen LogP contribution >= 0.6 is 0 Å². The summed E-state index contributed by atoms with van der Waals surface area (Å²) < 4.78 is 0. The van der Waals surface area contributed by atoms with Crippen LogP contribution in [0.4, 0.5) is 4.79 Å². The third-order valence-electron chi connectivity index (χ3n) is 4.53. The summed E-state index contributed by atoms with van der Waals surface area (Å²) in [5.41, 5.74) is 1.75. The van der Waals surface area contributed by atoms with Crippen molar-refractivity contribution in [1.82, 2.24) is 10.2 Å². The molecule has 0 aromatic heterocycles. The fourth-order valence-corrected chi connectivity index (χ4v) is 3.17. The number of carbonyl (C=O) groups is 2. The third kappa shape index (κ3) is 2.60. The summed E-state index contributed by atoms with van der Waals surface area (Å²) in [7, 11) is 0. The number of carbonyl (C=O) groups excluding carboxylic acids is 1. The minimum atomic E-state index is -0.972. The molecule has 0 radical (unpaired) electrons. The Kier molecular flexibility index (Phi) is 3.57. The zero-order valence-corrected chi connectivity index (χ0v) is 12.1. The first kappa shape index (κ1) is 13.9. The molecular weight excluding hydrogens is 268 g/mol. The minimum Gasteiger partial charge on any atom is -0.479 e. The lowest BCUT2D eigenvalue weighted by molar-refractivity contribution is -0.142. The van der Waals surface area contributed by atoms with Crippen LogP contribution in [0.15, 0.2) is 24.3 Å². The molecule has 112 valence electrons. The van der Waals surface area contributed by atoms with Crippen LogP contribution in [0.1, 0.15) is 36.9 Å². The molecule has 2 N–H and O–H groups in total. The first-order valence-electron chi connectivity index (χ1n) is 7.49. The number of rotatable bonds is 3. The zero-order chi connectivity index (χ0) is 15.0. The Morgan fingerprint density at radius 1 is 1.38 bits per heavy atom. The molecule has 1 heterocycles. The summed E-state index contributed by atoms with van der Waals surface area (Å²) in [6.45, 7) is 2.55. The fourth-order valence-electron chi connectivity index (χ4n) is 3.17. The van der Waals surface area contributed by atoms with Crippen molar-refractivity contribution in [2.45, 2.75) is 38.3 Å². The minimum absolute atomic E-state index is 0.217. The van der Waals surface area contributed by atoms with Gasteiger partial charge in [-0.05, 0) is 29.9 Å². The Morgan fingerprint density at radius 2 is 2.14 bits per heavy atom. The number of carboxylic acid groups (broad SMARTS) is 1. The molecule has 0 saturated heterocycles. The molecule has 1 aliphatic carbocycles. The van der Waals surface area contributed by atoms with Gasteiger partial charge in [0.1, 0.15) is 0 Å². The van der Waals surface area contributed by atoms with Crippen LogP contribution in [-0.2, 0) is 11.2 Å². The molecule has 3 atom stereocenters. The second kappa shape index (κ2) is 5.39. The number of nitrogens with zero attached hydrogens (tertiary/aromatic N) is 1. The van der Waals surface area contributed by atoms with E-state index in [2.05, 4.69) is 12.2 Å². The standard InChI is InChI=1S/C16H20N2O3/c1-2-10-9-13(10)17-16(21)18-8-7-11-5-3-4-6-12(11)14(18)15(19)20/h3-6,10,13-14H,2,7-9H2,1H3,(H,17,21)(H,19,20). The van der Waals surface area contributed by atoms with Crippen LogP contribution in [0.25, 0.3) is 0 Å². The highest BCUT2D eigenvalue weighted by molar-refractivity contribution is 5.85. The topological polar surface area (TPSA) is 69.6 Å². The molecule has 3 rings (SSSR count). The number of carboxylic acids is 1. The molecule has 1 fully saturated rings. The van der Waals surface area contributed by atoms with Crippen LogP contribution in [0.5, 0.6) is 0 Å². The first-order valence-corrected chi connectivity index (χ1v) is 7.49. The van der Waals surface area contributed by atoms with Crippen molar-refractivity contribution in [1.29, 1.82) is 0 Å². The maximum atomic E-state index is 12.4. The van der Waals surface area contributed by atoms with Crippen molar-refractivity contribution >= 4 is 12.0 Å². The van der Waals surface area contributed by atoms with Gasteiger partial charge in [-0.2, -0.15) is 0 Å². The Bertz CT molecular complexity index is 572. The lowest BCUT2D eigenvalue weighted by atomic mass is 9.93. The molecule has 2 amide bonds. The van der Waals surface area contributed by atoms with E-state index in [1.54, 1.807) is 6.07 Å². The fraction of sp³-hybridized carbons (Fsp3) is 0.500. The van der Waals surface area contributed by atoms with Crippen molar-refractivity contribution < 1.29 is 14.7 Å². The molecule has 1 aromatic carbocycles. The molecule has 21 heavy (non-hydrogen) atoms. The first-order chi connectivity index (χ1) is 10.1. The van der Waals surface area contributed by atoms with Crippen molar-refractivity contribution in [2.24, 2.45) is 5.92 Å². The monoisotopic (exact) mass is 288 g/mol. The smallest absolute Gasteiger partial charge is 0.331 e. The van der Waals surface area contributed by atoms with Gasteiger partial charge in [0.25, 0.3) is 0 Å². The number of nitrogens with one attached hydrogen (secondary N) is 1. The quantitative estimate of drug-likeness (QED) is 0.895. The van der Waals surface area contributed by atoms with Crippen molar-refractivity contribution in [3.63, 3.8) is 0 Å². The molecule has 3 unspecified atom stereocenters. The van der Waals surface area contributed by atoms with Crippen molar-refractivity contribution in [3.8, 4) is 0 Å². The van der Waals surface area contributed by atoms with Crippen molar-refractivity contribution in [2.75, 3.05) is 6.54 Å². The number of fused-ring (bicyclic) bond motifs is 1. The highest BCUT2D eigenvalue weighted by Crippen LogP contribution is 2.35. The molecule has 2 aliphatic rings. The van der Waals surface area contributed by atoms with Crippen LogP contribution in [0.3, 0.4) is 0 Å². The highest BCUT2D eigenvalue weighted by Gasteiger charge is 2.41. The molecule has 1 aromatic rings. The van der Waals surface area contributed by atoms with E-state index < -0.39 is 12.0 Å². The number of benzene rings is 1. The molecular formula is C16H20N2O3. The Morgan fingerprint density at radius 3 is 2.81 bits per heavy atom. The normalized spacial score (nSPS) is 26.9. The van der Waals surface area contributed by atoms with E-state index >= 15 is 0 Å². The molecule has 1 aliphatic heterocycles. The van der Waals surface area contributed by atoms with E-state index in [1.807, 2.05) is 18.2 Å². The van der Waals surface area contributed by atoms with E-state index in [-0.39, 0.29) is 12.1 Å². The molecule has 0 bridgehead atoms. The SMILES string of the molecule is CCC1CC1NC(=O)N1CCc2ccccc2C1C(=O)O. The van der Waals surface area contributed by atoms with Gasteiger partial charge in [0, 0.05) is 12.6 Å². The van der Waals surface area contributed by atoms with Gasteiger partial charge >= 0.3 is 12.0 Å². The van der Waals surface area contributed by atoms with E-state index in [0.717, 1.165) is 24.0 Å². The van der Waals surface area contributed by atoms with Crippen LogP contribution in [0, 0.1) is 5.92 Å². The second-order valence-electron chi connectivity index (χ2n) is 5.84. The molecule has 1 saturated carbocycles. The van der Waals surface area contributed by atoms with Crippen LogP contribution in [0.2, 0.25) is 0 Å². The molecule has 0 spiro atoms. The van der Waals surface area contributed by atoms with Gasteiger partial charge < -0.3 is 15.3 Å². The number of hydrogen-bond acceptors (Lipinski definition) is 2. The van der Waals surface area contributed by atoms with Gasteiger partial charge in [0.15, 0.2) is 6.04 Å². The highest BCUT2D eigenvalue weighted by atomic mass is 16.4. The van der Waals surface area contributed by atoms with E-state index in [1.165, 1.54) is 4.90 Å². The summed E-state index contributed by atoms with van der Waals surface area (Å²) in [4.78, 5) is 25.5. The summed E-state index contributed by atoms with van der Waals surface area (Å²) >= 11 is 0. The maximum Gasteiger partial charge on any atom is 0.331 e. The summed E-state index contributed by atoms with van der Waals surface area (Å²) in [5, 5.41) is 12.5. The van der Waals surface area contributed by atoms with Gasteiger partial charge in [-0.15, -0.1) is 0 Å². The van der Waals surface area contributed by atoms with Gasteiger partial charge in [0.2, 0.25) is 0 Å². The maximum absolute atomic E-state index is 12.4. The Hall–Kier alpha value is -2.04. The molecule has 5 heteroatoms. The number of amides is 2. The second-order valence-corrected chi connectivity index (χ2v) is 5.84. The van der Waals surface area contributed by atoms with Gasteiger partial charge in [-0.25, -0.2) is 9.59 Å². The van der Waals surface area contributed by atoms with Gasteiger partial charge in [-0.1, -0.05) is 37.6 Å². The lowest BCUT2D eigenvalue weighted by Crippen LogP contribution is -2.48. The molecule has 5 nitrogen and oxygen atoms in total. The zero-order valence-electron chi connectivity index (χ0n) is 12.1. The predicted molar refractivity (Wildman–Crippen MR) is 77.9 cm³/mol. The van der Waals surface area contributed by atoms with E-state index in [0.29, 0.717) is 18.9 Å².